The highest BCUT2D eigenvalue weighted by Gasteiger charge is 2.23. The predicted molar refractivity (Wildman–Crippen MR) is 63.5 cm³/mol. The SMILES string of the molecule is COCC(=O)N1CCN(C(=O)COCC(=O)O)CC1. The fourth-order valence-corrected chi connectivity index (χ4v) is 1.74. The van der Waals surface area contributed by atoms with Crippen molar-refractivity contribution in [2.24, 2.45) is 0 Å². The van der Waals surface area contributed by atoms with E-state index in [-0.39, 0.29) is 25.0 Å². The molecule has 1 saturated heterocycles. The molecular weight excluding hydrogens is 256 g/mol. The van der Waals surface area contributed by atoms with Crippen LogP contribution in [0.3, 0.4) is 0 Å². The Morgan fingerprint density at radius 3 is 1.84 bits per heavy atom. The summed E-state index contributed by atoms with van der Waals surface area (Å²) >= 11 is 0. The number of aliphatic carboxylic acids is 1. The van der Waals surface area contributed by atoms with E-state index in [0.29, 0.717) is 26.2 Å². The molecule has 8 nitrogen and oxygen atoms in total. The molecule has 0 spiro atoms. The first kappa shape index (κ1) is 15.4. The minimum atomic E-state index is -1.11. The van der Waals surface area contributed by atoms with Crippen LogP contribution in [0.15, 0.2) is 0 Å². The third-order valence-corrected chi connectivity index (χ3v) is 2.70. The molecule has 1 fully saturated rings. The lowest BCUT2D eigenvalue weighted by Crippen LogP contribution is -2.52. The van der Waals surface area contributed by atoms with Crippen LogP contribution in [0.25, 0.3) is 0 Å². The highest BCUT2D eigenvalue weighted by atomic mass is 16.5. The molecule has 0 unspecified atom stereocenters. The summed E-state index contributed by atoms with van der Waals surface area (Å²) < 4.78 is 9.49. The zero-order valence-electron chi connectivity index (χ0n) is 10.8. The molecule has 8 heteroatoms. The summed E-state index contributed by atoms with van der Waals surface area (Å²) in [5.74, 6) is -1.47. The van der Waals surface area contributed by atoms with E-state index < -0.39 is 12.6 Å². The van der Waals surface area contributed by atoms with Crippen molar-refractivity contribution >= 4 is 17.8 Å². The van der Waals surface area contributed by atoms with E-state index in [1.807, 2.05) is 0 Å². The quantitative estimate of drug-likeness (QED) is 0.627. The van der Waals surface area contributed by atoms with Crippen molar-refractivity contribution in [3.05, 3.63) is 0 Å². The van der Waals surface area contributed by atoms with Crippen LogP contribution >= 0.6 is 0 Å². The van der Waals surface area contributed by atoms with Crippen molar-refractivity contribution in [1.29, 1.82) is 0 Å². The average molecular weight is 274 g/mol. The standard InChI is InChI=1S/C11H18N2O6/c1-18-6-9(14)12-2-4-13(5-3-12)10(15)7-19-8-11(16)17/h2-8H2,1H3,(H,16,17). The fraction of sp³-hybridized carbons (Fsp3) is 0.727. The molecule has 0 radical (unpaired) electrons. The first-order valence-corrected chi connectivity index (χ1v) is 5.88. The van der Waals surface area contributed by atoms with E-state index in [9.17, 15) is 14.4 Å². The topological polar surface area (TPSA) is 96.4 Å². The fourth-order valence-electron chi connectivity index (χ4n) is 1.74. The molecule has 0 atom stereocenters. The number of hydrogen-bond donors (Lipinski definition) is 1. The van der Waals surface area contributed by atoms with Gasteiger partial charge in [-0.2, -0.15) is 0 Å². The van der Waals surface area contributed by atoms with E-state index in [1.165, 1.54) is 7.11 Å². The highest BCUT2D eigenvalue weighted by molar-refractivity contribution is 5.80. The summed E-state index contributed by atoms with van der Waals surface area (Å²) in [7, 11) is 1.46. The molecule has 1 heterocycles. The molecule has 1 rings (SSSR count). The Morgan fingerprint density at radius 2 is 1.42 bits per heavy atom. The van der Waals surface area contributed by atoms with Gasteiger partial charge in [-0.1, -0.05) is 0 Å². The number of nitrogens with zero attached hydrogens (tertiary/aromatic N) is 2. The van der Waals surface area contributed by atoms with Crippen LogP contribution in [0.2, 0.25) is 0 Å². The summed E-state index contributed by atoms with van der Waals surface area (Å²) in [4.78, 5) is 36.6. The molecule has 0 aromatic rings. The van der Waals surface area contributed by atoms with E-state index in [2.05, 4.69) is 0 Å². The highest BCUT2D eigenvalue weighted by Crippen LogP contribution is 2.03. The maximum absolute atomic E-state index is 11.7. The Kier molecular flexibility index (Phi) is 6.23. The van der Waals surface area contributed by atoms with Gasteiger partial charge in [-0.15, -0.1) is 0 Å². The molecule has 0 aromatic heterocycles. The van der Waals surface area contributed by atoms with Crippen LogP contribution < -0.4 is 0 Å². The molecule has 1 aliphatic rings. The predicted octanol–water partition coefficient (Wildman–Crippen LogP) is -1.60. The van der Waals surface area contributed by atoms with Crippen LogP contribution in [0.4, 0.5) is 0 Å². The van der Waals surface area contributed by atoms with Gasteiger partial charge >= 0.3 is 5.97 Å². The van der Waals surface area contributed by atoms with Gasteiger partial charge < -0.3 is 24.4 Å². The lowest BCUT2D eigenvalue weighted by molar-refractivity contribution is -0.148. The molecule has 1 N–H and O–H groups in total. The van der Waals surface area contributed by atoms with Crippen molar-refractivity contribution in [2.75, 3.05) is 53.1 Å². The van der Waals surface area contributed by atoms with Gasteiger partial charge in [0.2, 0.25) is 11.8 Å². The van der Waals surface area contributed by atoms with Gasteiger partial charge in [0.1, 0.15) is 19.8 Å². The molecule has 0 aromatic carbocycles. The molecule has 2 amide bonds. The molecule has 0 aliphatic carbocycles. The normalized spacial score (nSPS) is 15.4. The van der Waals surface area contributed by atoms with Crippen molar-refractivity contribution in [3.8, 4) is 0 Å². The van der Waals surface area contributed by atoms with Gasteiger partial charge in [-0.3, -0.25) is 9.59 Å². The first-order valence-electron chi connectivity index (χ1n) is 5.88. The van der Waals surface area contributed by atoms with Crippen molar-refractivity contribution in [3.63, 3.8) is 0 Å². The maximum atomic E-state index is 11.7. The number of carbonyl (C=O) groups excluding carboxylic acids is 2. The van der Waals surface area contributed by atoms with Crippen LogP contribution in [-0.4, -0.2) is 85.8 Å². The molecule has 108 valence electrons. The zero-order chi connectivity index (χ0) is 14.3. The van der Waals surface area contributed by atoms with Crippen LogP contribution in [0.5, 0.6) is 0 Å². The summed E-state index contributed by atoms with van der Waals surface area (Å²) in [6, 6.07) is 0. The van der Waals surface area contributed by atoms with Gasteiger partial charge in [-0.25, -0.2) is 4.79 Å². The summed E-state index contributed by atoms with van der Waals surface area (Å²) in [5.41, 5.74) is 0. The lowest BCUT2D eigenvalue weighted by atomic mass is 10.3. The minimum absolute atomic E-state index is 0.0374. The summed E-state index contributed by atoms with van der Waals surface area (Å²) in [6.45, 7) is 1.04. The molecule has 0 saturated carbocycles. The lowest BCUT2D eigenvalue weighted by Gasteiger charge is -2.34. The first-order chi connectivity index (χ1) is 9.04. The smallest absolute Gasteiger partial charge is 0.329 e. The van der Waals surface area contributed by atoms with Crippen molar-refractivity contribution in [2.45, 2.75) is 0 Å². The third-order valence-electron chi connectivity index (χ3n) is 2.70. The number of piperazine rings is 1. The summed E-state index contributed by atoms with van der Waals surface area (Å²) in [5, 5.41) is 8.38. The number of ether oxygens (including phenoxy) is 2. The second kappa shape index (κ2) is 7.70. The van der Waals surface area contributed by atoms with Crippen LogP contribution in [-0.2, 0) is 23.9 Å². The summed E-state index contributed by atoms with van der Waals surface area (Å²) in [6.07, 6.45) is 0. The molecule has 0 bridgehead atoms. The Morgan fingerprint density at radius 1 is 0.947 bits per heavy atom. The maximum Gasteiger partial charge on any atom is 0.329 e. The van der Waals surface area contributed by atoms with Gasteiger partial charge in [0.05, 0.1) is 0 Å². The van der Waals surface area contributed by atoms with Gasteiger partial charge in [0, 0.05) is 33.3 Å². The number of rotatable bonds is 6. The van der Waals surface area contributed by atoms with E-state index in [0.717, 1.165) is 0 Å². The molecular formula is C11H18N2O6. The number of carbonyl (C=O) groups is 3. The second-order valence-electron chi connectivity index (χ2n) is 4.08. The Balaban J connectivity index is 2.27. The minimum Gasteiger partial charge on any atom is -0.480 e. The monoisotopic (exact) mass is 274 g/mol. The molecule has 1 aliphatic heterocycles. The van der Waals surface area contributed by atoms with Crippen LogP contribution in [0, 0.1) is 0 Å². The Labute approximate surface area is 110 Å². The van der Waals surface area contributed by atoms with Gasteiger partial charge in [-0.05, 0) is 0 Å². The van der Waals surface area contributed by atoms with E-state index in [4.69, 9.17) is 14.6 Å². The number of carboxylic acids is 1. The largest absolute Gasteiger partial charge is 0.480 e. The Hall–Kier alpha value is -1.67. The number of methoxy groups -OCH3 is 1. The van der Waals surface area contributed by atoms with Crippen molar-refractivity contribution < 1.29 is 29.0 Å². The average Bonchev–Trinajstić information content (AvgIpc) is 2.38. The number of carboxylic acid groups (broad SMARTS) is 1. The van der Waals surface area contributed by atoms with Gasteiger partial charge in [0.25, 0.3) is 0 Å². The zero-order valence-corrected chi connectivity index (χ0v) is 10.8. The van der Waals surface area contributed by atoms with E-state index in [1.54, 1.807) is 9.80 Å². The van der Waals surface area contributed by atoms with E-state index >= 15 is 0 Å². The van der Waals surface area contributed by atoms with Crippen LogP contribution in [0.1, 0.15) is 0 Å². The third kappa shape index (κ3) is 5.23. The second-order valence-corrected chi connectivity index (χ2v) is 4.08. The van der Waals surface area contributed by atoms with Crippen molar-refractivity contribution in [1.82, 2.24) is 9.80 Å². The van der Waals surface area contributed by atoms with Gasteiger partial charge in [0.15, 0.2) is 0 Å². The number of amides is 2. The Bertz CT molecular complexity index is 338. The number of hydrogen-bond acceptors (Lipinski definition) is 5. The molecule has 19 heavy (non-hydrogen) atoms.